The largest absolute Gasteiger partial charge is 0.486 e. The molecule has 0 bridgehead atoms. The summed E-state index contributed by atoms with van der Waals surface area (Å²) in [5, 5.41) is 1.02. The van der Waals surface area contributed by atoms with Crippen LogP contribution in [0.3, 0.4) is 0 Å². The van der Waals surface area contributed by atoms with Crippen LogP contribution in [0.1, 0.15) is 41.8 Å². The normalized spacial score (nSPS) is 11.3. The molecule has 0 N–H and O–H groups in total. The molecule has 0 aliphatic rings. The van der Waals surface area contributed by atoms with Crippen LogP contribution in [-0.2, 0) is 6.61 Å². The first-order valence-corrected chi connectivity index (χ1v) is 12.0. The molecule has 0 aliphatic carbocycles. The van der Waals surface area contributed by atoms with Crippen molar-refractivity contribution < 1.29 is 4.74 Å². The van der Waals surface area contributed by atoms with Crippen molar-refractivity contribution in [3.63, 3.8) is 0 Å². The summed E-state index contributed by atoms with van der Waals surface area (Å²) >= 11 is 5.78. The van der Waals surface area contributed by atoms with Crippen molar-refractivity contribution in [2.45, 2.75) is 37.9 Å². The second-order valence-electron chi connectivity index (χ2n) is 6.01. The Hall–Kier alpha value is -1.17. The van der Waals surface area contributed by atoms with E-state index in [4.69, 9.17) is 4.74 Å². The van der Waals surface area contributed by atoms with Crippen LogP contribution >= 0.6 is 34.9 Å². The Bertz CT molecular complexity index is 777. The van der Waals surface area contributed by atoms with Gasteiger partial charge in [-0.05, 0) is 54.2 Å². The van der Waals surface area contributed by atoms with E-state index in [0.717, 1.165) is 16.3 Å². The topological polar surface area (TPSA) is 22.1 Å². The molecule has 0 amide bonds. The summed E-state index contributed by atoms with van der Waals surface area (Å²) in [5.41, 5.74) is 2.40. The van der Waals surface area contributed by atoms with E-state index in [1.807, 2.05) is 35.7 Å². The number of rotatable bonds is 10. The standard InChI is InChI=1S/C21H25NOS3/c1-3-12-24-21(25-13-4-2)16-8-7-9-17(14-16)23-15-20-22-18-10-5-6-11-19(18)26-20/h5-11,14,21H,3-4,12-13,15H2,1-2H3. The molecule has 0 radical (unpaired) electrons. The first kappa shape index (κ1) is 19.6. The van der Waals surface area contributed by atoms with E-state index < -0.39 is 0 Å². The fourth-order valence-corrected chi connectivity index (χ4v) is 5.99. The number of hydrogen-bond acceptors (Lipinski definition) is 5. The van der Waals surface area contributed by atoms with E-state index in [1.165, 1.54) is 34.6 Å². The highest BCUT2D eigenvalue weighted by atomic mass is 32.2. The lowest BCUT2D eigenvalue weighted by Gasteiger charge is -2.17. The molecule has 26 heavy (non-hydrogen) atoms. The Balaban J connectivity index is 1.67. The number of fused-ring (bicyclic) bond motifs is 1. The number of thiazole rings is 1. The Morgan fingerprint density at radius 3 is 2.50 bits per heavy atom. The predicted molar refractivity (Wildman–Crippen MR) is 119 cm³/mol. The molecule has 2 aromatic carbocycles. The zero-order valence-electron chi connectivity index (χ0n) is 15.3. The van der Waals surface area contributed by atoms with Gasteiger partial charge in [0, 0.05) is 0 Å². The van der Waals surface area contributed by atoms with Crippen molar-refractivity contribution in [1.82, 2.24) is 4.98 Å². The zero-order chi connectivity index (χ0) is 18.2. The third-order valence-electron chi connectivity index (χ3n) is 3.78. The zero-order valence-corrected chi connectivity index (χ0v) is 17.8. The van der Waals surface area contributed by atoms with E-state index >= 15 is 0 Å². The molecule has 0 spiro atoms. The molecule has 138 valence electrons. The number of aromatic nitrogens is 1. The maximum Gasteiger partial charge on any atom is 0.140 e. The van der Waals surface area contributed by atoms with Gasteiger partial charge in [0.1, 0.15) is 17.4 Å². The molecule has 3 rings (SSSR count). The van der Waals surface area contributed by atoms with Gasteiger partial charge in [-0.15, -0.1) is 34.9 Å². The highest BCUT2D eigenvalue weighted by Gasteiger charge is 2.13. The molecule has 3 aromatic rings. The monoisotopic (exact) mass is 403 g/mol. The van der Waals surface area contributed by atoms with Crippen molar-refractivity contribution in [1.29, 1.82) is 0 Å². The van der Waals surface area contributed by atoms with Crippen LogP contribution in [0.15, 0.2) is 48.5 Å². The second kappa shape index (κ2) is 10.2. The van der Waals surface area contributed by atoms with Crippen LogP contribution in [0.2, 0.25) is 0 Å². The SMILES string of the molecule is CCCSC(SCCC)c1cccc(OCc2nc3ccccc3s2)c1. The molecular formula is C21H25NOS3. The molecule has 5 heteroatoms. The van der Waals surface area contributed by atoms with Crippen LogP contribution in [0, 0.1) is 0 Å². The number of nitrogens with zero attached hydrogens (tertiary/aromatic N) is 1. The minimum atomic E-state index is 0.487. The third kappa shape index (κ3) is 5.41. The lowest BCUT2D eigenvalue weighted by Crippen LogP contribution is -1.97. The molecule has 1 aromatic heterocycles. The number of ether oxygens (including phenoxy) is 1. The van der Waals surface area contributed by atoms with Gasteiger partial charge in [0.2, 0.25) is 0 Å². The Kier molecular flexibility index (Phi) is 7.71. The van der Waals surface area contributed by atoms with E-state index in [-0.39, 0.29) is 0 Å². The van der Waals surface area contributed by atoms with Gasteiger partial charge in [-0.3, -0.25) is 0 Å². The summed E-state index contributed by atoms with van der Waals surface area (Å²) in [4.78, 5) is 4.65. The van der Waals surface area contributed by atoms with Gasteiger partial charge in [0.15, 0.2) is 0 Å². The molecule has 0 atom stereocenters. The maximum absolute atomic E-state index is 6.05. The number of para-hydroxylation sites is 1. The highest BCUT2D eigenvalue weighted by Crippen LogP contribution is 2.41. The predicted octanol–water partition coefficient (Wildman–Crippen LogP) is 7.16. The van der Waals surface area contributed by atoms with Gasteiger partial charge >= 0.3 is 0 Å². The lowest BCUT2D eigenvalue weighted by atomic mass is 10.2. The molecule has 0 saturated heterocycles. The van der Waals surface area contributed by atoms with Crippen LogP contribution in [0.25, 0.3) is 10.2 Å². The van der Waals surface area contributed by atoms with Gasteiger partial charge in [-0.25, -0.2) is 4.98 Å². The van der Waals surface area contributed by atoms with Gasteiger partial charge in [0.05, 0.1) is 14.8 Å². The van der Waals surface area contributed by atoms with E-state index in [9.17, 15) is 0 Å². The average molecular weight is 404 g/mol. The fourth-order valence-electron chi connectivity index (χ4n) is 2.57. The Morgan fingerprint density at radius 1 is 1.00 bits per heavy atom. The quantitative estimate of drug-likeness (QED) is 0.335. The molecule has 0 aliphatic heterocycles. The van der Waals surface area contributed by atoms with Crippen molar-refractivity contribution in [3.8, 4) is 5.75 Å². The first-order valence-electron chi connectivity index (χ1n) is 9.10. The Morgan fingerprint density at radius 2 is 1.77 bits per heavy atom. The minimum absolute atomic E-state index is 0.487. The van der Waals surface area contributed by atoms with E-state index in [1.54, 1.807) is 11.3 Å². The summed E-state index contributed by atoms with van der Waals surface area (Å²) in [5.74, 6) is 3.32. The van der Waals surface area contributed by atoms with Gasteiger partial charge < -0.3 is 4.74 Å². The molecule has 0 fully saturated rings. The average Bonchev–Trinajstić information content (AvgIpc) is 3.10. The molecular weight excluding hydrogens is 378 g/mol. The van der Waals surface area contributed by atoms with Crippen LogP contribution in [-0.4, -0.2) is 16.5 Å². The Labute approximate surface area is 168 Å². The van der Waals surface area contributed by atoms with E-state index in [0.29, 0.717) is 11.2 Å². The smallest absolute Gasteiger partial charge is 0.140 e. The van der Waals surface area contributed by atoms with E-state index in [2.05, 4.69) is 55.2 Å². The highest BCUT2D eigenvalue weighted by molar-refractivity contribution is 8.16. The summed E-state index contributed by atoms with van der Waals surface area (Å²) in [6, 6.07) is 16.8. The van der Waals surface area contributed by atoms with Crippen LogP contribution < -0.4 is 4.74 Å². The first-order chi connectivity index (χ1) is 12.8. The number of thioether (sulfide) groups is 2. The second-order valence-corrected chi connectivity index (χ2v) is 9.85. The van der Waals surface area contributed by atoms with Crippen LogP contribution in [0.5, 0.6) is 5.75 Å². The van der Waals surface area contributed by atoms with Gasteiger partial charge in [-0.1, -0.05) is 38.1 Å². The van der Waals surface area contributed by atoms with Crippen molar-refractivity contribution >= 4 is 45.1 Å². The molecule has 0 unspecified atom stereocenters. The number of benzene rings is 2. The third-order valence-corrected chi connectivity index (χ3v) is 8.04. The molecule has 2 nitrogen and oxygen atoms in total. The number of hydrogen-bond donors (Lipinski definition) is 0. The summed E-state index contributed by atoms with van der Waals surface area (Å²) in [7, 11) is 0. The molecule has 0 saturated carbocycles. The summed E-state index contributed by atoms with van der Waals surface area (Å²) < 4.78 is 7.75. The van der Waals surface area contributed by atoms with Gasteiger partial charge in [0.25, 0.3) is 0 Å². The van der Waals surface area contributed by atoms with Crippen molar-refractivity contribution in [3.05, 3.63) is 59.1 Å². The summed E-state index contributed by atoms with van der Waals surface area (Å²) in [6.45, 7) is 5.01. The minimum Gasteiger partial charge on any atom is -0.486 e. The maximum atomic E-state index is 6.05. The summed E-state index contributed by atoms with van der Waals surface area (Å²) in [6.07, 6.45) is 2.42. The lowest BCUT2D eigenvalue weighted by molar-refractivity contribution is 0.305. The molecule has 1 heterocycles. The fraction of sp³-hybridized carbons (Fsp3) is 0.381. The van der Waals surface area contributed by atoms with Crippen LogP contribution in [0.4, 0.5) is 0 Å². The van der Waals surface area contributed by atoms with Crippen molar-refractivity contribution in [2.75, 3.05) is 11.5 Å². The van der Waals surface area contributed by atoms with Gasteiger partial charge in [-0.2, -0.15) is 0 Å². The van der Waals surface area contributed by atoms with Crippen molar-refractivity contribution in [2.24, 2.45) is 0 Å².